The van der Waals surface area contributed by atoms with Crippen molar-refractivity contribution in [3.8, 4) is 0 Å². The van der Waals surface area contributed by atoms with E-state index in [-0.39, 0.29) is 0 Å². The Bertz CT molecular complexity index is 141. The van der Waals surface area contributed by atoms with E-state index in [2.05, 4.69) is 18.9 Å². The Morgan fingerprint density at radius 3 is 2.50 bits per heavy atom. The minimum atomic E-state index is 0.612. The maximum Gasteiger partial charge on any atom is 0.0215 e. The van der Waals surface area contributed by atoms with Crippen molar-refractivity contribution in [1.29, 1.82) is 0 Å². The molecule has 1 rings (SSSR count). The first-order valence-electron chi connectivity index (χ1n) is 6.18. The molecule has 1 fully saturated rings. The van der Waals surface area contributed by atoms with Crippen molar-refractivity contribution >= 4 is 0 Å². The van der Waals surface area contributed by atoms with Gasteiger partial charge in [0, 0.05) is 19.1 Å². The van der Waals surface area contributed by atoms with Crippen LogP contribution in [0.25, 0.3) is 0 Å². The predicted octanol–water partition coefficient (Wildman–Crippen LogP) is 2.24. The monoisotopic (exact) mass is 198 g/mol. The van der Waals surface area contributed by atoms with Gasteiger partial charge >= 0.3 is 0 Å². The Labute approximate surface area is 88.8 Å². The van der Waals surface area contributed by atoms with Crippen LogP contribution in [0.4, 0.5) is 0 Å². The molecule has 0 bridgehead atoms. The maximum absolute atomic E-state index is 5.79. The van der Waals surface area contributed by atoms with E-state index in [9.17, 15) is 0 Å². The van der Waals surface area contributed by atoms with Crippen molar-refractivity contribution in [1.82, 2.24) is 4.90 Å². The van der Waals surface area contributed by atoms with Crippen LogP contribution in [0.3, 0.4) is 0 Å². The second kappa shape index (κ2) is 6.41. The zero-order valence-electron chi connectivity index (χ0n) is 9.84. The van der Waals surface area contributed by atoms with Crippen LogP contribution in [-0.4, -0.2) is 31.1 Å². The first-order valence-corrected chi connectivity index (χ1v) is 6.18. The average Bonchev–Trinajstić information content (AvgIpc) is 2.66. The fourth-order valence-electron chi connectivity index (χ4n) is 2.60. The Morgan fingerprint density at radius 1 is 1.36 bits per heavy atom. The van der Waals surface area contributed by atoms with E-state index in [4.69, 9.17) is 5.73 Å². The number of hydrogen-bond acceptors (Lipinski definition) is 2. The summed E-state index contributed by atoms with van der Waals surface area (Å²) < 4.78 is 0. The molecule has 0 aromatic heterocycles. The smallest absolute Gasteiger partial charge is 0.0215 e. The molecule has 2 heteroatoms. The Kier molecular flexibility index (Phi) is 5.49. The molecule has 0 spiro atoms. The summed E-state index contributed by atoms with van der Waals surface area (Å²) in [5, 5.41) is 0. The lowest BCUT2D eigenvalue weighted by Crippen LogP contribution is -2.40. The van der Waals surface area contributed by atoms with Gasteiger partial charge in [-0.15, -0.1) is 0 Å². The highest BCUT2D eigenvalue weighted by molar-refractivity contribution is 4.75. The fourth-order valence-corrected chi connectivity index (χ4v) is 2.60. The molecule has 2 nitrogen and oxygen atoms in total. The summed E-state index contributed by atoms with van der Waals surface area (Å²) in [5.41, 5.74) is 5.79. The van der Waals surface area contributed by atoms with Gasteiger partial charge in [0.2, 0.25) is 0 Å². The van der Waals surface area contributed by atoms with Gasteiger partial charge in [-0.05, 0) is 32.2 Å². The first-order chi connectivity index (χ1) is 6.77. The lowest BCUT2D eigenvalue weighted by molar-refractivity contribution is 0.201. The Balaban J connectivity index is 2.26. The van der Waals surface area contributed by atoms with Gasteiger partial charge in [-0.25, -0.2) is 0 Å². The maximum atomic E-state index is 5.79. The van der Waals surface area contributed by atoms with E-state index in [1.807, 2.05) is 0 Å². The number of likely N-dealkylation sites (N-methyl/N-ethyl adjacent to an activating group) is 1. The second-order valence-electron chi connectivity index (χ2n) is 4.77. The minimum absolute atomic E-state index is 0.612. The molecule has 1 aliphatic rings. The van der Waals surface area contributed by atoms with Crippen molar-refractivity contribution in [2.75, 3.05) is 20.1 Å². The lowest BCUT2D eigenvalue weighted by Gasteiger charge is -2.29. The molecule has 0 aromatic rings. The van der Waals surface area contributed by atoms with Crippen LogP contribution in [-0.2, 0) is 0 Å². The molecule has 1 atom stereocenters. The summed E-state index contributed by atoms with van der Waals surface area (Å²) in [6, 6.07) is 0.612. The van der Waals surface area contributed by atoms with Crippen molar-refractivity contribution in [2.24, 2.45) is 11.7 Å². The van der Waals surface area contributed by atoms with Gasteiger partial charge in [-0.2, -0.15) is 0 Å². The van der Waals surface area contributed by atoms with Crippen LogP contribution in [0.1, 0.15) is 45.4 Å². The number of hydrogen-bond donors (Lipinski definition) is 1. The van der Waals surface area contributed by atoms with Crippen LogP contribution >= 0.6 is 0 Å². The molecule has 0 saturated heterocycles. The molecular formula is C12H26N2. The molecule has 0 heterocycles. The van der Waals surface area contributed by atoms with E-state index in [1.165, 1.54) is 45.1 Å². The van der Waals surface area contributed by atoms with Crippen LogP contribution in [0.15, 0.2) is 0 Å². The van der Waals surface area contributed by atoms with Gasteiger partial charge in [-0.1, -0.05) is 26.2 Å². The zero-order valence-corrected chi connectivity index (χ0v) is 9.84. The van der Waals surface area contributed by atoms with Gasteiger partial charge in [-0.3, -0.25) is 0 Å². The molecular weight excluding hydrogens is 172 g/mol. The molecule has 1 saturated carbocycles. The van der Waals surface area contributed by atoms with Crippen LogP contribution in [0, 0.1) is 5.92 Å². The fraction of sp³-hybridized carbons (Fsp3) is 1.00. The molecule has 84 valence electrons. The largest absolute Gasteiger partial charge is 0.329 e. The van der Waals surface area contributed by atoms with E-state index in [0.717, 1.165) is 12.5 Å². The third-order valence-electron chi connectivity index (χ3n) is 3.54. The third-order valence-corrected chi connectivity index (χ3v) is 3.54. The van der Waals surface area contributed by atoms with E-state index in [1.54, 1.807) is 0 Å². The minimum Gasteiger partial charge on any atom is -0.329 e. The summed E-state index contributed by atoms with van der Waals surface area (Å²) in [4.78, 5) is 2.49. The van der Waals surface area contributed by atoms with E-state index in [0.29, 0.717) is 6.04 Å². The van der Waals surface area contributed by atoms with Crippen molar-refractivity contribution in [3.63, 3.8) is 0 Å². The Hall–Kier alpha value is -0.0800. The third kappa shape index (κ3) is 3.58. The van der Waals surface area contributed by atoms with Crippen LogP contribution < -0.4 is 5.73 Å². The van der Waals surface area contributed by atoms with Crippen LogP contribution in [0.2, 0.25) is 0 Å². The lowest BCUT2D eigenvalue weighted by atomic mass is 10.1. The molecule has 1 aliphatic carbocycles. The summed E-state index contributed by atoms with van der Waals surface area (Å²) in [6.07, 6.45) is 8.26. The molecule has 14 heavy (non-hydrogen) atoms. The summed E-state index contributed by atoms with van der Waals surface area (Å²) in [7, 11) is 2.24. The summed E-state index contributed by atoms with van der Waals surface area (Å²) >= 11 is 0. The number of rotatable bonds is 6. The molecule has 1 unspecified atom stereocenters. The highest BCUT2D eigenvalue weighted by Crippen LogP contribution is 2.25. The zero-order chi connectivity index (χ0) is 10.4. The molecule has 0 aliphatic heterocycles. The highest BCUT2D eigenvalue weighted by Gasteiger charge is 2.20. The van der Waals surface area contributed by atoms with Crippen LogP contribution in [0.5, 0.6) is 0 Å². The quantitative estimate of drug-likeness (QED) is 0.709. The van der Waals surface area contributed by atoms with Crippen molar-refractivity contribution < 1.29 is 0 Å². The normalized spacial score (nSPS) is 20.6. The van der Waals surface area contributed by atoms with Gasteiger partial charge in [0.15, 0.2) is 0 Å². The molecule has 0 aromatic carbocycles. The van der Waals surface area contributed by atoms with E-state index >= 15 is 0 Å². The average molecular weight is 198 g/mol. The summed E-state index contributed by atoms with van der Waals surface area (Å²) in [6.45, 7) is 4.32. The SMILES string of the molecule is CCCC(CN)N(C)CC1CCCC1. The predicted molar refractivity (Wildman–Crippen MR) is 62.3 cm³/mol. The highest BCUT2D eigenvalue weighted by atomic mass is 15.1. The van der Waals surface area contributed by atoms with Gasteiger partial charge in [0.05, 0.1) is 0 Å². The first kappa shape index (κ1) is 12.0. The number of nitrogens with two attached hydrogens (primary N) is 1. The second-order valence-corrected chi connectivity index (χ2v) is 4.77. The summed E-state index contributed by atoms with van der Waals surface area (Å²) in [5.74, 6) is 0.950. The molecule has 0 radical (unpaired) electrons. The standard InChI is InChI=1S/C12H26N2/c1-3-6-12(9-13)14(2)10-11-7-4-5-8-11/h11-12H,3-10,13H2,1-2H3. The van der Waals surface area contributed by atoms with Gasteiger partial charge in [0.25, 0.3) is 0 Å². The van der Waals surface area contributed by atoms with E-state index < -0.39 is 0 Å². The van der Waals surface area contributed by atoms with Crippen molar-refractivity contribution in [3.05, 3.63) is 0 Å². The topological polar surface area (TPSA) is 29.3 Å². The molecule has 2 N–H and O–H groups in total. The number of nitrogens with zero attached hydrogens (tertiary/aromatic N) is 1. The Morgan fingerprint density at radius 2 is 2.00 bits per heavy atom. The van der Waals surface area contributed by atoms with Gasteiger partial charge in [0.1, 0.15) is 0 Å². The van der Waals surface area contributed by atoms with Gasteiger partial charge < -0.3 is 10.6 Å². The van der Waals surface area contributed by atoms with Crippen molar-refractivity contribution in [2.45, 2.75) is 51.5 Å². The molecule has 0 amide bonds.